The van der Waals surface area contributed by atoms with E-state index < -0.39 is 20.0 Å². The minimum absolute atomic E-state index is 0.0533. The summed E-state index contributed by atoms with van der Waals surface area (Å²) >= 11 is 0. The third kappa shape index (κ3) is 59.7. The Labute approximate surface area is 466 Å². The average Bonchev–Trinajstić information content (AvgIpc) is 3.37. The van der Waals surface area contributed by atoms with E-state index in [-0.39, 0.29) is 19.1 Å². The molecule has 440 valence electrons. The first-order valence-electron chi connectivity index (χ1n) is 32.2. The molecule has 0 bridgehead atoms. The fourth-order valence-electron chi connectivity index (χ4n) is 9.40. The van der Waals surface area contributed by atoms with E-state index in [4.69, 9.17) is 9.05 Å². The lowest BCUT2D eigenvalue weighted by Crippen LogP contribution is -2.45. The van der Waals surface area contributed by atoms with Gasteiger partial charge in [0, 0.05) is 6.42 Å². The maximum Gasteiger partial charge on any atom is 0.472 e. The minimum Gasteiger partial charge on any atom is -0.387 e. The van der Waals surface area contributed by atoms with Gasteiger partial charge in [0.25, 0.3) is 0 Å². The molecule has 1 amide bonds. The molecule has 8 nitrogen and oxygen atoms in total. The zero-order valence-corrected chi connectivity index (χ0v) is 51.2. The molecule has 3 unspecified atom stereocenters. The van der Waals surface area contributed by atoms with Crippen LogP contribution in [0.4, 0.5) is 0 Å². The second-order valence-electron chi connectivity index (χ2n) is 23.1. The normalized spacial score (nSPS) is 14.2. The van der Waals surface area contributed by atoms with Crippen molar-refractivity contribution in [3.05, 3.63) is 60.8 Å². The van der Waals surface area contributed by atoms with E-state index in [0.29, 0.717) is 17.4 Å². The van der Waals surface area contributed by atoms with E-state index >= 15 is 0 Å². The number of hydrogen-bond donors (Lipinski definition) is 3. The van der Waals surface area contributed by atoms with E-state index in [1.807, 2.05) is 27.2 Å². The lowest BCUT2D eigenvalue weighted by Gasteiger charge is -2.25. The maximum absolute atomic E-state index is 13.0. The molecule has 0 aromatic carbocycles. The van der Waals surface area contributed by atoms with Crippen molar-refractivity contribution in [3.63, 3.8) is 0 Å². The van der Waals surface area contributed by atoms with Crippen LogP contribution < -0.4 is 5.32 Å². The van der Waals surface area contributed by atoms with E-state index in [0.717, 1.165) is 51.4 Å². The van der Waals surface area contributed by atoms with Crippen molar-refractivity contribution in [1.82, 2.24) is 5.32 Å². The molecular formula is C66H126N2O6P+. The Hall–Kier alpha value is -1.80. The van der Waals surface area contributed by atoms with Gasteiger partial charge < -0.3 is 19.8 Å². The molecule has 0 saturated carbocycles. The number of quaternary nitrogens is 1. The van der Waals surface area contributed by atoms with Gasteiger partial charge in [0.2, 0.25) is 5.91 Å². The van der Waals surface area contributed by atoms with Gasteiger partial charge in [-0.1, -0.05) is 280 Å². The van der Waals surface area contributed by atoms with E-state index in [2.05, 4.69) is 67.8 Å². The minimum atomic E-state index is -4.36. The molecule has 0 aliphatic rings. The summed E-state index contributed by atoms with van der Waals surface area (Å²) in [5.41, 5.74) is 0. The number of rotatable bonds is 59. The van der Waals surface area contributed by atoms with Gasteiger partial charge in [-0.15, -0.1) is 0 Å². The van der Waals surface area contributed by atoms with Crippen LogP contribution in [0.2, 0.25) is 0 Å². The average molecular weight is 1070 g/mol. The highest BCUT2D eigenvalue weighted by atomic mass is 31.2. The van der Waals surface area contributed by atoms with Gasteiger partial charge >= 0.3 is 7.82 Å². The largest absolute Gasteiger partial charge is 0.472 e. The Balaban J connectivity index is 4.14. The van der Waals surface area contributed by atoms with E-state index in [1.54, 1.807) is 6.08 Å². The number of aliphatic hydroxyl groups excluding tert-OH is 1. The van der Waals surface area contributed by atoms with Crippen LogP contribution in [-0.4, -0.2) is 73.4 Å². The molecular weight excluding hydrogens is 948 g/mol. The number of carbonyl (C=O) groups is 1. The molecule has 0 aliphatic heterocycles. The van der Waals surface area contributed by atoms with Crippen LogP contribution in [0, 0.1) is 0 Å². The Morgan fingerprint density at radius 2 is 0.773 bits per heavy atom. The van der Waals surface area contributed by atoms with E-state index in [9.17, 15) is 19.4 Å². The zero-order chi connectivity index (χ0) is 54.9. The third-order valence-corrected chi connectivity index (χ3v) is 15.4. The Morgan fingerprint density at radius 1 is 0.453 bits per heavy atom. The first-order valence-corrected chi connectivity index (χ1v) is 33.7. The standard InChI is InChI=1S/C66H125N2O6P/c1-6-8-10-12-14-16-18-20-22-24-26-28-30-31-32-33-34-35-36-37-38-40-42-44-46-48-50-52-54-56-58-60-66(70)67-64(63-74-75(71,72)73-62-61-68(3,4)5)65(69)59-57-55-53-51-49-47-45-43-41-39-29-27-25-23-21-19-17-15-13-11-9-7-2/h18,20,24,26,41,43,49,51,57,59,64-65,69H,6-17,19,21-23,25,27-40,42,44-48,50,52-56,58,60-63H2,1-5H3,(H-,67,70,71,72)/p+1/b20-18-,26-24-,43-41+,51-49+,59-57+. The molecule has 0 saturated heterocycles. The van der Waals surface area contributed by atoms with Gasteiger partial charge in [0.1, 0.15) is 13.2 Å². The summed E-state index contributed by atoms with van der Waals surface area (Å²) in [4.78, 5) is 23.4. The van der Waals surface area contributed by atoms with Crippen molar-refractivity contribution in [2.24, 2.45) is 0 Å². The number of nitrogens with zero attached hydrogens (tertiary/aromatic N) is 1. The smallest absolute Gasteiger partial charge is 0.387 e. The number of hydrogen-bond acceptors (Lipinski definition) is 5. The van der Waals surface area contributed by atoms with Crippen molar-refractivity contribution in [2.45, 2.75) is 315 Å². The van der Waals surface area contributed by atoms with E-state index in [1.165, 1.54) is 231 Å². The van der Waals surface area contributed by atoms with Gasteiger partial charge in [0.05, 0.1) is 39.9 Å². The molecule has 9 heteroatoms. The fourth-order valence-corrected chi connectivity index (χ4v) is 10.1. The topological polar surface area (TPSA) is 105 Å². The van der Waals surface area contributed by atoms with Crippen molar-refractivity contribution >= 4 is 13.7 Å². The fraction of sp³-hybridized carbons (Fsp3) is 0.833. The lowest BCUT2D eigenvalue weighted by atomic mass is 10.0. The Bertz CT molecular complexity index is 1400. The quantitative estimate of drug-likeness (QED) is 0.0243. The highest BCUT2D eigenvalue weighted by molar-refractivity contribution is 7.47. The molecule has 0 radical (unpaired) electrons. The number of amides is 1. The number of aliphatic hydroxyl groups is 1. The van der Waals surface area contributed by atoms with Crippen LogP contribution in [0.1, 0.15) is 303 Å². The van der Waals surface area contributed by atoms with Crippen molar-refractivity contribution in [3.8, 4) is 0 Å². The molecule has 0 spiro atoms. The number of nitrogens with one attached hydrogen (secondary N) is 1. The molecule has 0 heterocycles. The summed E-state index contributed by atoms with van der Waals surface area (Å²) in [5, 5.41) is 13.9. The number of phosphoric acid groups is 1. The van der Waals surface area contributed by atoms with Crippen LogP contribution in [0.5, 0.6) is 0 Å². The summed E-state index contributed by atoms with van der Waals surface area (Å²) < 4.78 is 23.7. The first-order chi connectivity index (χ1) is 36.5. The zero-order valence-electron chi connectivity index (χ0n) is 50.3. The SMILES string of the molecule is CCCCCCC/C=C\C/C=C\CCCCCCCCCCCCCCCCCCCCCC(=O)NC(COP(=O)(O)OCC[N+](C)(C)C)C(O)/C=C/CC/C=C/CC/C=C/CCCCCCCCCCCCCC. The molecule has 75 heavy (non-hydrogen) atoms. The highest BCUT2D eigenvalue weighted by Gasteiger charge is 2.27. The second kappa shape index (κ2) is 56.9. The molecule has 0 aliphatic carbocycles. The van der Waals surface area contributed by atoms with Crippen LogP contribution in [0.3, 0.4) is 0 Å². The molecule has 0 aromatic rings. The number of likely N-dealkylation sites (N-methyl/N-ethyl adjacent to an activating group) is 1. The number of phosphoric ester groups is 1. The van der Waals surface area contributed by atoms with Crippen LogP contribution in [-0.2, 0) is 18.4 Å². The molecule has 3 N–H and O–H groups in total. The van der Waals surface area contributed by atoms with Gasteiger partial charge in [-0.3, -0.25) is 13.8 Å². The second-order valence-corrected chi connectivity index (χ2v) is 24.6. The number of unbranched alkanes of at least 4 members (excludes halogenated alkanes) is 38. The maximum atomic E-state index is 13.0. The van der Waals surface area contributed by atoms with Crippen LogP contribution in [0.25, 0.3) is 0 Å². The van der Waals surface area contributed by atoms with Gasteiger partial charge in [-0.2, -0.15) is 0 Å². The summed E-state index contributed by atoms with van der Waals surface area (Å²) in [6.45, 7) is 4.81. The third-order valence-electron chi connectivity index (χ3n) is 14.4. The first kappa shape index (κ1) is 73.2. The molecule has 3 atom stereocenters. The predicted molar refractivity (Wildman–Crippen MR) is 327 cm³/mol. The van der Waals surface area contributed by atoms with Crippen LogP contribution in [0.15, 0.2) is 60.8 Å². The molecule has 0 rings (SSSR count). The summed E-state index contributed by atoms with van der Waals surface area (Å²) in [6.07, 6.45) is 77.8. The summed E-state index contributed by atoms with van der Waals surface area (Å²) in [6, 6.07) is -0.871. The van der Waals surface area contributed by atoms with Gasteiger partial charge in [-0.25, -0.2) is 4.57 Å². The predicted octanol–water partition coefficient (Wildman–Crippen LogP) is 20.0. The van der Waals surface area contributed by atoms with Gasteiger partial charge in [0.15, 0.2) is 0 Å². The van der Waals surface area contributed by atoms with Gasteiger partial charge in [-0.05, 0) is 77.0 Å². The summed E-state index contributed by atoms with van der Waals surface area (Å²) in [7, 11) is 1.55. The summed E-state index contributed by atoms with van der Waals surface area (Å²) in [5.74, 6) is -0.187. The Kier molecular flexibility index (Phi) is 55.5. The molecule has 0 fully saturated rings. The highest BCUT2D eigenvalue weighted by Crippen LogP contribution is 2.43. The number of carbonyl (C=O) groups excluding carboxylic acids is 1. The van der Waals surface area contributed by atoms with Crippen molar-refractivity contribution in [1.29, 1.82) is 0 Å². The Morgan fingerprint density at radius 3 is 1.15 bits per heavy atom. The van der Waals surface area contributed by atoms with Crippen molar-refractivity contribution in [2.75, 3.05) is 40.9 Å². The molecule has 0 aromatic heterocycles. The van der Waals surface area contributed by atoms with Crippen molar-refractivity contribution < 1.29 is 32.9 Å². The number of allylic oxidation sites excluding steroid dienone is 9. The monoisotopic (exact) mass is 1070 g/mol. The lowest BCUT2D eigenvalue weighted by molar-refractivity contribution is -0.870. The van der Waals surface area contributed by atoms with Crippen LogP contribution >= 0.6 is 7.82 Å².